The van der Waals surface area contributed by atoms with Crippen LogP contribution in [0.5, 0.6) is 0 Å². The van der Waals surface area contributed by atoms with E-state index in [0.29, 0.717) is 0 Å². The summed E-state index contributed by atoms with van der Waals surface area (Å²) in [5.74, 6) is 1.63. The average molecular weight is 659 g/mol. The first-order valence-electron chi connectivity index (χ1n) is 16.9. The summed E-state index contributed by atoms with van der Waals surface area (Å²) in [5, 5.41) is 8.60. The van der Waals surface area contributed by atoms with Gasteiger partial charge in [-0.3, -0.25) is 0 Å². The lowest BCUT2D eigenvalue weighted by atomic mass is 10.0. The molecule has 0 saturated carbocycles. The molecule has 2 aromatic heterocycles. The summed E-state index contributed by atoms with van der Waals surface area (Å²) in [7, 11) is 0. The molecular formula is C45H30N4S. The van der Waals surface area contributed by atoms with Gasteiger partial charge in [0.1, 0.15) is 11.7 Å². The monoisotopic (exact) mass is 658 g/mol. The Balaban J connectivity index is 1.05. The predicted molar refractivity (Wildman–Crippen MR) is 211 cm³/mol. The Morgan fingerprint density at radius 2 is 1.02 bits per heavy atom. The molecule has 1 N–H and O–H groups in total. The number of hydrogen-bond donors (Lipinski definition) is 1. The third-order valence-corrected chi connectivity index (χ3v) is 10.8. The smallest absolute Gasteiger partial charge is 0.170 e. The van der Waals surface area contributed by atoms with E-state index >= 15 is 0 Å². The first kappa shape index (κ1) is 28.7. The molecule has 1 atom stereocenters. The fourth-order valence-electron chi connectivity index (χ4n) is 7.34. The lowest BCUT2D eigenvalue weighted by Gasteiger charge is -2.23. The van der Waals surface area contributed by atoms with Gasteiger partial charge in [0.05, 0.1) is 11.0 Å². The van der Waals surface area contributed by atoms with Crippen molar-refractivity contribution in [1.29, 1.82) is 0 Å². The third-order valence-electron chi connectivity index (χ3n) is 9.68. The molecule has 0 fully saturated rings. The van der Waals surface area contributed by atoms with Gasteiger partial charge < -0.3 is 9.88 Å². The van der Waals surface area contributed by atoms with Crippen molar-refractivity contribution in [2.45, 2.75) is 6.17 Å². The largest absolute Gasteiger partial charge is 0.324 e. The SMILES string of the molecule is c1ccc(C2=NC(c3cccc4sc5ccccc5c34)N=C(c3ccc(-c4cccc(-n5c6ccccc6c6ccccc65)c4)cc3)N2)cc1. The molecular weight excluding hydrogens is 629 g/mol. The Hall–Kier alpha value is -6.30. The molecule has 0 saturated heterocycles. The molecule has 0 amide bonds. The molecule has 3 heterocycles. The second-order valence-corrected chi connectivity index (χ2v) is 13.7. The normalized spacial score (nSPS) is 14.6. The molecule has 0 bridgehead atoms. The maximum Gasteiger partial charge on any atom is 0.170 e. The van der Waals surface area contributed by atoms with Crippen molar-refractivity contribution >= 4 is 65.0 Å². The van der Waals surface area contributed by atoms with E-state index in [1.54, 1.807) is 0 Å². The number of nitrogens with zero attached hydrogens (tertiary/aromatic N) is 3. The molecule has 236 valence electrons. The number of amidine groups is 2. The summed E-state index contributed by atoms with van der Waals surface area (Å²) in [6, 6.07) is 60.3. The van der Waals surface area contributed by atoms with Crippen LogP contribution < -0.4 is 5.32 Å². The standard InChI is InChI=1S/C45H30N4S/c1-2-12-30(13-3-1)43-46-44(48-45(47-43)37-19-11-23-41-42(37)36-18-6-9-22-40(36)50-41)31-26-24-29(25-27-31)32-14-10-15-33(28-32)49-38-20-7-4-16-34(38)35-17-5-8-21-39(35)49/h1-28,45H,(H,46,47,48). The summed E-state index contributed by atoms with van der Waals surface area (Å²) in [6.45, 7) is 0. The summed E-state index contributed by atoms with van der Waals surface area (Å²) < 4.78 is 4.89. The Morgan fingerprint density at radius 3 is 1.76 bits per heavy atom. The van der Waals surface area contributed by atoms with E-state index < -0.39 is 0 Å². The van der Waals surface area contributed by atoms with Gasteiger partial charge in [0, 0.05) is 53.3 Å². The van der Waals surface area contributed by atoms with Crippen LogP contribution in [0.2, 0.25) is 0 Å². The molecule has 1 aliphatic rings. The van der Waals surface area contributed by atoms with Gasteiger partial charge in [-0.1, -0.05) is 133 Å². The van der Waals surface area contributed by atoms with Crippen LogP contribution in [0.3, 0.4) is 0 Å². The highest BCUT2D eigenvalue weighted by Crippen LogP contribution is 2.40. The average Bonchev–Trinajstić information content (AvgIpc) is 3.74. The minimum Gasteiger partial charge on any atom is -0.324 e. The van der Waals surface area contributed by atoms with E-state index in [9.17, 15) is 0 Å². The third kappa shape index (κ3) is 4.74. The Kier molecular flexibility index (Phi) is 6.71. The van der Waals surface area contributed by atoms with Crippen molar-refractivity contribution in [1.82, 2.24) is 9.88 Å². The van der Waals surface area contributed by atoms with E-state index in [1.165, 1.54) is 42.0 Å². The van der Waals surface area contributed by atoms with Crippen LogP contribution in [0, 0.1) is 0 Å². The number of fused-ring (bicyclic) bond motifs is 6. The Labute approximate surface area is 293 Å². The topological polar surface area (TPSA) is 41.7 Å². The van der Waals surface area contributed by atoms with E-state index in [4.69, 9.17) is 9.98 Å². The van der Waals surface area contributed by atoms with E-state index in [2.05, 4.69) is 174 Å². The first-order valence-corrected chi connectivity index (χ1v) is 17.7. The van der Waals surface area contributed by atoms with E-state index in [0.717, 1.165) is 45.2 Å². The van der Waals surface area contributed by atoms with Gasteiger partial charge >= 0.3 is 0 Å². The lowest BCUT2D eigenvalue weighted by molar-refractivity contribution is 0.763. The van der Waals surface area contributed by atoms with Gasteiger partial charge in [-0.25, -0.2) is 9.98 Å². The number of aliphatic imine (C=N–C) groups is 2. The van der Waals surface area contributed by atoms with Crippen LogP contribution in [-0.4, -0.2) is 16.2 Å². The van der Waals surface area contributed by atoms with Gasteiger partial charge in [-0.2, -0.15) is 0 Å². The van der Waals surface area contributed by atoms with Crippen LogP contribution in [-0.2, 0) is 0 Å². The summed E-state index contributed by atoms with van der Waals surface area (Å²) in [4.78, 5) is 10.5. The van der Waals surface area contributed by atoms with Crippen molar-refractivity contribution in [2.75, 3.05) is 0 Å². The number of thiophene rings is 1. The van der Waals surface area contributed by atoms with Gasteiger partial charge in [0.15, 0.2) is 6.17 Å². The molecule has 10 rings (SSSR count). The number of hydrogen-bond acceptors (Lipinski definition) is 4. The summed E-state index contributed by atoms with van der Waals surface area (Å²) >= 11 is 1.82. The fraction of sp³-hybridized carbons (Fsp3) is 0.0222. The van der Waals surface area contributed by atoms with Crippen LogP contribution in [0.15, 0.2) is 180 Å². The highest BCUT2D eigenvalue weighted by molar-refractivity contribution is 7.25. The Morgan fingerprint density at radius 1 is 0.460 bits per heavy atom. The second kappa shape index (κ2) is 11.7. The van der Waals surface area contributed by atoms with Crippen molar-refractivity contribution < 1.29 is 0 Å². The predicted octanol–water partition coefficient (Wildman–Crippen LogP) is 11.3. The zero-order chi connectivity index (χ0) is 33.0. The van der Waals surface area contributed by atoms with Crippen molar-refractivity contribution in [3.8, 4) is 16.8 Å². The van der Waals surface area contributed by atoms with E-state index in [1.807, 2.05) is 17.4 Å². The van der Waals surface area contributed by atoms with Crippen LogP contribution in [0.1, 0.15) is 22.9 Å². The number of rotatable bonds is 5. The highest BCUT2D eigenvalue weighted by Gasteiger charge is 2.23. The number of aromatic nitrogens is 1. The second-order valence-electron chi connectivity index (χ2n) is 12.6. The molecule has 0 spiro atoms. The molecule has 1 unspecified atom stereocenters. The first-order chi connectivity index (χ1) is 24.8. The number of nitrogens with one attached hydrogen (secondary N) is 1. The lowest BCUT2D eigenvalue weighted by Crippen LogP contribution is -2.36. The highest BCUT2D eigenvalue weighted by atomic mass is 32.1. The number of benzene rings is 7. The molecule has 5 heteroatoms. The van der Waals surface area contributed by atoms with Crippen molar-refractivity contribution in [2.24, 2.45) is 9.98 Å². The molecule has 50 heavy (non-hydrogen) atoms. The summed E-state index contributed by atoms with van der Waals surface area (Å²) in [5.41, 5.74) is 9.03. The number of para-hydroxylation sites is 2. The zero-order valence-electron chi connectivity index (χ0n) is 27.0. The quantitative estimate of drug-likeness (QED) is 0.196. The molecule has 4 nitrogen and oxygen atoms in total. The Bertz CT molecular complexity index is 2730. The molecule has 0 aliphatic carbocycles. The maximum atomic E-state index is 5.26. The van der Waals surface area contributed by atoms with E-state index in [-0.39, 0.29) is 6.17 Å². The van der Waals surface area contributed by atoms with Gasteiger partial charge in [-0.15, -0.1) is 11.3 Å². The fourth-order valence-corrected chi connectivity index (χ4v) is 8.48. The molecule has 0 radical (unpaired) electrons. The van der Waals surface area contributed by atoms with Crippen LogP contribution >= 0.6 is 11.3 Å². The zero-order valence-corrected chi connectivity index (χ0v) is 27.8. The molecule has 1 aliphatic heterocycles. The maximum absolute atomic E-state index is 5.26. The minimum absolute atomic E-state index is 0.384. The van der Waals surface area contributed by atoms with Crippen LogP contribution in [0.4, 0.5) is 0 Å². The van der Waals surface area contributed by atoms with Crippen molar-refractivity contribution in [3.63, 3.8) is 0 Å². The van der Waals surface area contributed by atoms with Gasteiger partial charge in [-0.05, 0) is 47.5 Å². The molecule has 9 aromatic rings. The van der Waals surface area contributed by atoms with Gasteiger partial charge in [0.25, 0.3) is 0 Å². The van der Waals surface area contributed by atoms with Crippen LogP contribution in [0.25, 0.3) is 58.8 Å². The summed E-state index contributed by atoms with van der Waals surface area (Å²) in [6.07, 6.45) is -0.384. The van der Waals surface area contributed by atoms with Gasteiger partial charge in [0.2, 0.25) is 0 Å². The molecule has 7 aromatic carbocycles. The minimum atomic E-state index is -0.384. The van der Waals surface area contributed by atoms with Crippen molar-refractivity contribution in [3.05, 3.63) is 187 Å².